The summed E-state index contributed by atoms with van der Waals surface area (Å²) < 4.78 is 0. The zero-order chi connectivity index (χ0) is 15.3. The Bertz CT molecular complexity index is 355. The van der Waals surface area contributed by atoms with Crippen LogP contribution in [0.3, 0.4) is 0 Å². The van der Waals surface area contributed by atoms with Crippen molar-refractivity contribution in [2.75, 3.05) is 18.1 Å². The number of carbonyl (C=O) groups is 2. The van der Waals surface area contributed by atoms with Crippen molar-refractivity contribution in [3.05, 3.63) is 0 Å². The number of carboxylic acids is 1. The average molecular weight is 302 g/mol. The molecule has 6 heteroatoms. The molecule has 0 bridgehead atoms. The lowest BCUT2D eigenvalue weighted by Gasteiger charge is -2.35. The maximum atomic E-state index is 12.3. The molecule has 1 aliphatic rings. The predicted molar refractivity (Wildman–Crippen MR) is 82.1 cm³/mol. The Balaban J connectivity index is 2.63. The van der Waals surface area contributed by atoms with Crippen LogP contribution in [0.15, 0.2) is 0 Å². The van der Waals surface area contributed by atoms with E-state index in [2.05, 4.69) is 5.32 Å². The van der Waals surface area contributed by atoms with Crippen LogP contribution >= 0.6 is 11.8 Å². The maximum absolute atomic E-state index is 12.3. The summed E-state index contributed by atoms with van der Waals surface area (Å²) in [4.78, 5) is 25.1. The quantitative estimate of drug-likeness (QED) is 0.836. The van der Waals surface area contributed by atoms with E-state index in [0.29, 0.717) is 6.42 Å². The second-order valence-electron chi connectivity index (χ2n) is 6.63. The molecule has 0 spiro atoms. The lowest BCUT2D eigenvalue weighted by atomic mass is 9.87. The van der Waals surface area contributed by atoms with Gasteiger partial charge in [0.1, 0.15) is 0 Å². The Morgan fingerprint density at radius 1 is 1.45 bits per heavy atom. The monoisotopic (exact) mass is 302 g/mol. The van der Waals surface area contributed by atoms with Crippen molar-refractivity contribution in [1.29, 1.82) is 0 Å². The number of thioether (sulfide) groups is 1. The molecule has 2 unspecified atom stereocenters. The van der Waals surface area contributed by atoms with Gasteiger partial charge in [0.15, 0.2) is 0 Å². The van der Waals surface area contributed by atoms with E-state index in [-0.39, 0.29) is 30.0 Å². The molecule has 1 aliphatic heterocycles. The number of hydrogen-bond donors (Lipinski definition) is 2. The maximum Gasteiger partial charge on any atom is 0.317 e. The number of urea groups is 1. The molecule has 0 aromatic carbocycles. The summed E-state index contributed by atoms with van der Waals surface area (Å²) in [5.41, 5.74) is -0.0171. The molecule has 0 aliphatic carbocycles. The minimum atomic E-state index is -0.873. The predicted octanol–water partition coefficient (Wildman–Crippen LogP) is 2.41. The Morgan fingerprint density at radius 3 is 2.60 bits per heavy atom. The molecule has 1 fully saturated rings. The molecular weight excluding hydrogens is 276 g/mol. The molecule has 1 heterocycles. The lowest BCUT2D eigenvalue weighted by Crippen LogP contribution is -2.52. The van der Waals surface area contributed by atoms with E-state index in [9.17, 15) is 9.59 Å². The summed E-state index contributed by atoms with van der Waals surface area (Å²) in [7, 11) is 0. The summed E-state index contributed by atoms with van der Waals surface area (Å²) in [6.07, 6.45) is 0.627. The van der Waals surface area contributed by atoms with Gasteiger partial charge < -0.3 is 15.3 Å². The summed E-state index contributed by atoms with van der Waals surface area (Å²) in [5, 5.41) is 11.9. The first-order valence-electron chi connectivity index (χ1n) is 7.06. The Hall–Kier alpha value is -0.910. The Labute approximate surface area is 125 Å². The van der Waals surface area contributed by atoms with Crippen molar-refractivity contribution in [3.63, 3.8) is 0 Å². The highest BCUT2D eigenvalue weighted by Crippen LogP contribution is 2.23. The first-order chi connectivity index (χ1) is 9.19. The highest BCUT2D eigenvalue weighted by atomic mass is 32.2. The second-order valence-corrected chi connectivity index (χ2v) is 7.78. The zero-order valence-electron chi connectivity index (χ0n) is 12.8. The molecule has 2 amide bonds. The van der Waals surface area contributed by atoms with Crippen molar-refractivity contribution < 1.29 is 14.7 Å². The summed E-state index contributed by atoms with van der Waals surface area (Å²) in [5.74, 6) is 1.01. The Morgan fingerprint density at radius 2 is 2.10 bits per heavy atom. The molecule has 0 radical (unpaired) electrons. The largest absolute Gasteiger partial charge is 0.481 e. The number of carboxylic acid groups (broad SMARTS) is 1. The lowest BCUT2D eigenvalue weighted by molar-refractivity contribution is -0.137. The third kappa shape index (κ3) is 6.03. The van der Waals surface area contributed by atoms with Gasteiger partial charge in [-0.3, -0.25) is 4.79 Å². The third-order valence-corrected chi connectivity index (χ3v) is 4.43. The number of rotatable bonds is 4. The number of carbonyl (C=O) groups excluding carboxylic acids is 1. The highest BCUT2D eigenvalue weighted by molar-refractivity contribution is 7.99. The van der Waals surface area contributed by atoms with E-state index in [4.69, 9.17) is 5.11 Å². The van der Waals surface area contributed by atoms with Crippen LogP contribution in [0.4, 0.5) is 4.79 Å². The van der Waals surface area contributed by atoms with Gasteiger partial charge in [-0.2, -0.15) is 11.8 Å². The summed E-state index contributed by atoms with van der Waals surface area (Å²) >= 11 is 1.85. The van der Waals surface area contributed by atoms with Gasteiger partial charge >= 0.3 is 12.0 Å². The van der Waals surface area contributed by atoms with Crippen LogP contribution < -0.4 is 5.32 Å². The van der Waals surface area contributed by atoms with Crippen LogP contribution in [-0.4, -0.2) is 52.1 Å². The first-order valence-corrected chi connectivity index (χ1v) is 8.21. The SMILES string of the molecule is CC1CSCCN1C(=O)NC(CC(=O)O)CC(C)(C)C. The van der Waals surface area contributed by atoms with Crippen LogP contribution in [0.2, 0.25) is 0 Å². The van der Waals surface area contributed by atoms with Crippen molar-refractivity contribution in [1.82, 2.24) is 10.2 Å². The van der Waals surface area contributed by atoms with E-state index in [0.717, 1.165) is 18.1 Å². The van der Waals surface area contributed by atoms with Gasteiger partial charge in [-0.15, -0.1) is 0 Å². The van der Waals surface area contributed by atoms with Crippen LogP contribution in [0.5, 0.6) is 0 Å². The number of nitrogens with one attached hydrogen (secondary N) is 1. The Kier molecular flexibility index (Phi) is 6.17. The van der Waals surface area contributed by atoms with Gasteiger partial charge in [-0.05, 0) is 18.8 Å². The fraction of sp³-hybridized carbons (Fsp3) is 0.857. The smallest absolute Gasteiger partial charge is 0.317 e. The fourth-order valence-corrected chi connectivity index (χ4v) is 3.42. The molecule has 20 heavy (non-hydrogen) atoms. The first kappa shape index (κ1) is 17.1. The van der Waals surface area contributed by atoms with Gasteiger partial charge in [0.05, 0.1) is 6.42 Å². The van der Waals surface area contributed by atoms with Crippen LogP contribution in [0.25, 0.3) is 0 Å². The molecule has 0 aromatic heterocycles. The van der Waals surface area contributed by atoms with Crippen molar-refractivity contribution in [2.45, 2.75) is 52.6 Å². The molecule has 1 rings (SSSR count). The zero-order valence-corrected chi connectivity index (χ0v) is 13.6. The molecule has 2 atom stereocenters. The van der Waals surface area contributed by atoms with Crippen molar-refractivity contribution in [3.8, 4) is 0 Å². The molecule has 5 nitrogen and oxygen atoms in total. The average Bonchev–Trinajstić information content (AvgIpc) is 2.25. The minimum absolute atomic E-state index is 0.0171. The minimum Gasteiger partial charge on any atom is -0.481 e. The van der Waals surface area contributed by atoms with Gasteiger partial charge in [0, 0.05) is 30.1 Å². The fourth-order valence-electron chi connectivity index (χ4n) is 2.41. The normalized spacial score (nSPS) is 21.4. The number of hydrogen-bond acceptors (Lipinski definition) is 3. The summed E-state index contributed by atoms with van der Waals surface area (Å²) in [6.45, 7) is 8.91. The van der Waals surface area contributed by atoms with Crippen molar-refractivity contribution >= 4 is 23.8 Å². The van der Waals surface area contributed by atoms with Gasteiger partial charge in [0.2, 0.25) is 0 Å². The number of aliphatic carboxylic acids is 1. The van der Waals surface area contributed by atoms with Crippen LogP contribution in [-0.2, 0) is 4.79 Å². The van der Waals surface area contributed by atoms with E-state index in [1.165, 1.54) is 0 Å². The van der Waals surface area contributed by atoms with Gasteiger partial charge in [-0.25, -0.2) is 4.79 Å². The molecular formula is C14H26N2O3S. The van der Waals surface area contributed by atoms with Crippen molar-refractivity contribution in [2.24, 2.45) is 5.41 Å². The highest BCUT2D eigenvalue weighted by Gasteiger charge is 2.28. The third-order valence-electron chi connectivity index (χ3n) is 3.24. The topological polar surface area (TPSA) is 69.6 Å². The number of amides is 2. The number of nitrogens with zero attached hydrogens (tertiary/aromatic N) is 1. The molecule has 0 aromatic rings. The van der Waals surface area contributed by atoms with E-state index < -0.39 is 5.97 Å². The van der Waals surface area contributed by atoms with Crippen LogP contribution in [0, 0.1) is 5.41 Å². The molecule has 2 N–H and O–H groups in total. The summed E-state index contributed by atoms with van der Waals surface area (Å²) in [6, 6.07) is -0.246. The van der Waals surface area contributed by atoms with Gasteiger partial charge in [0.25, 0.3) is 0 Å². The molecule has 1 saturated heterocycles. The van der Waals surface area contributed by atoms with E-state index >= 15 is 0 Å². The van der Waals surface area contributed by atoms with Crippen LogP contribution in [0.1, 0.15) is 40.5 Å². The molecule has 0 saturated carbocycles. The van der Waals surface area contributed by atoms with E-state index in [1.54, 1.807) is 0 Å². The van der Waals surface area contributed by atoms with E-state index in [1.807, 2.05) is 44.4 Å². The van der Waals surface area contributed by atoms with Gasteiger partial charge in [-0.1, -0.05) is 20.8 Å². The standard InChI is InChI=1S/C14H26N2O3S/c1-10-9-20-6-5-16(10)13(19)15-11(7-12(17)18)8-14(2,3)4/h10-11H,5-9H2,1-4H3,(H,15,19)(H,17,18). The second kappa shape index (κ2) is 7.20. The molecule has 116 valence electrons.